The Hall–Kier alpha value is -0.610. The van der Waals surface area contributed by atoms with Crippen LogP contribution in [0.1, 0.15) is 19.3 Å². The minimum atomic E-state index is -0.947. The normalized spacial score (nSPS) is 21.8. The van der Waals surface area contributed by atoms with Crippen molar-refractivity contribution in [3.8, 4) is 0 Å². The Kier molecular flexibility index (Phi) is 3.05. The van der Waals surface area contributed by atoms with Crippen LogP contribution in [-0.4, -0.2) is 30.3 Å². The van der Waals surface area contributed by atoms with Crippen LogP contribution in [0.5, 0.6) is 0 Å². The molecule has 1 aliphatic rings. The highest BCUT2D eigenvalue weighted by molar-refractivity contribution is 5.73. The van der Waals surface area contributed by atoms with Gasteiger partial charge in [0.05, 0.1) is 6.10 Å². The van der Waals surface area contributed by atoms with E-state index in [-0.39, 0.29) is 6.10 Å². The minimum Gasteiger partial charge on any atom is -0.480 e. The molecule has 0 aromatic rings. The van der Waals surface area contributed by atoms with E-state index in [9.17, 15) is 4.79 Å². The van der Waals surface area contributed by atoms with Crippen molar-refractivity contribution in [2.24, 2.45) is 11.7 Å². The predicted octanol–water partition coefficient (Wildman–Crippen LogP) is 0.213. The molecule has 12 heavy (non-hydrogen) atoms. The number of carboxylic acids is 1. The van der Waals surface area contributed by atoms with Crippen molar-refractivity contribution < 1.29 is 14.6 Å². The first-order valence-electron chi connectivity index (χ1n) is 4.16. The third-order valence-electron chi connectivity index (χ3n) is 2.25. The topological polar surface area (TPSA) is 72.5 Å². The van der Waals surface area contributed by atoms with Crippen molar-refractivity contribution in [3.05, 3.63) is 0 Å². The van der Waals surface area contributed by atoms with Gasteiger partial charge in [-0.25, -0.2) is 0 Å². The highest BCUT2D eigenvalue weighted by Crippen LogP contribution is 2.35. The number of aliphatic carboxylic acids is 1. The first-order valence-corrected chi connectivity index (χ1v) is 4.16. The van der Waals surface area contributed by atoms with Gasteiger partial charge in [0.15, 0.2) is 0 Å². The second kappa shape index (κ2) is 3.87. The molecule has 0 spiro atoms. The summed E-state index contributed by atoms with van der Waals surface area (Å²) in [4.78, 5) is 10.4. The van der Waals surface area contributed by atoms with Crippen molar-refractivity contribution in [2.45, 2.75) is 31.4 Å². The summed E-state index contributed by atoms with van der Waals surface area (Å²) >= 11 is 0. The van der Waals surface area contributed by atoms with Gasteiger partial charge in [0.25, 0.3) is 0 Å². The van der Waals surface area contributed by atoms with Crippen LogP contribution in [-0.2, 0) is 9.53 Å². The molecular weight excluding hydrogens is 158 g/mol. The zero-order valence-corrected chi connectivity index (χ0v) is 7.19. The van der Waals surface area contributed by atoms with Gasteiger partial charge in [-0.15, -0.1) is 0 Å². The molecular formula is C8H15NO3. The summed E-state index contributed by atoms with van der Waals surface area (Å²) < 4.78 is 5.15. The Morgan fingerprint density at radius 1 is 1.75 bits per heavy atom. The molecule has 0 heterocycles. The van der Waals surface area contributed by atoms with E-state index in [1.807, 2.05) is 0 Å². The molecule has 0 aliphatic heterocycles. The third kappa shape index (κ3) is 2.46. The fourth-order valence-electron chi connectivity index (χ4n) is 1.30. The molecule has 1 aliphatic carbocycles. The molecule has 1 fully saturated rings. The molecule has 0 bridgehead atoms. The van der Waals surface area contributed by atoms with Gasteiger partial charge < -0.3 is 15.6 Å². The number of carboxylic acid groups (broad SMARTS) is 1. The molecule has 0 unspecified atom stereocenters. The van der Waals surface area contributed by atoms with Crippen molar-refractivity contribution in [1.82, 2.24) is 0 Å². The molecule has 0 radical (unpaired) electrons. The Morgan fingerprint density at radius 2 is 2.33 bits per heavy atom. The SMILES string of the molecule is CO[C@H](C[C@H](N)C(=O)O)C1CC1. The lowest BCUT2D eigenvalue weighted by molar-refractivity contribution is -0.139. The fourth-order valence-corrected chi connectivity index (χ4v) is 1.30. The second-order valence-electron chi connectivity index (χ2n) is 3.29. The molecule has 2 atom stereocenters. The second-order valence-corrected chi connectivity index (χ2v) is 3.29. The van der Waals surface area contributed by atoms with Crippen LogP contribution in [0.25, 0.3) is 0 Å². The van der Waals surface area contributed by atoms with Gasteiger partial charge >= 0.3 is 5.97 Å². The molecule has 0 saturated heterocycles. The summed E-state index contributed by atoms with van der Waals surface area (Å²) in [6.45, 7) is 0. The molecule has 1 rings (SSSR count). The first kappa shape index (κ1) is 9.48. The van der Waals surface area contributed by atoms with E-state index in [0.29, 0.717) is 12.3 Å². The average Bonchev–Trinajstić information content (AvgIpc) is 2.82. The van der Waals surface area contributed by atoms with Crippen molar-refractivity contribution >= 4 is 5.97 Å². The van der Waals surface area contributed by atoms with E-state index in [4.69, 9.17) is 15.6 Å². The quantitative estimate of drug-likeness (QED) is 0.623. The number of hydrogen-bond donors (Lipinski definition) is 2. The van der Waals surface area contributed by atoms with Crippen molar-refractivity contribution in [2.75, 3.05) is 7.11 Å². The summed E-state index contributed by atoms with van der Waals surface area (Å²) in [5.41, 5.74) is 5.38. The van der Waals surface area contributed by atoms with Crippen LogP contribution in [0.2, 0.25) is 0 Å². The maximum Gasteiger partial charge on any atom is 0.320 e. The monoisotopic (exact) mass is 173 g/mol. The Balaban J connectivity index is 2.30. The summed E-state index contributed by atoms with van der Waals surface area (Å²) in [6, 6.07) is -0.782. The van der Waals surface area contributed by atoms with Crippen molar-refractivity contribution in [3.63, 3.8) is 0 Å². The molecule has 0 aromatic carbocycles. The van der Waals surface area contributed by atoms with Crippen LogP contribution in [0.15, 0.2) is 0 Å². The van der Waals surface area contributed by atoms with E-state index in [2.05, 4.69) is 0 Å². The van der Waals surface area contributed by atoms with Crippen LogP contribution >= 0.6 is 0 Å². The van der Waals surface area contributed by atoms with Gasteiger partial charge in [0, 0.05) is 7.11 Å². The lowest BCUT2D eigenvalue weighted by Crippen LogP contribution is -2.35. The Morgan fingerprint density at radius 3 is 2.67 bits per heavy atom. The minimum absolute atomic E-state index is 0.0381. The van der Waals surface area contributed by atoms with E-state index in [1.165, 1.54) is 0 Å². The van der Waals surface area contributed by atoms with Gasteiger partial charge in [-0.1, -0.05) is 0 Å². The van der Waals surface area contributed by atoms with Crippen LogP contribution in [0, 0.1) is 5.92 Å². The number of carbonyl (C=O) groups is 1. The largest absolute Gasteiger partial charge is 0.480 e. The number of ether oxygens (including phenoxy) is 1. The molecule has 4 nitrogen and oxygen atoms in total. The van der Waals surface area contributed by atoms with E-state index >= 15 is 0 Å². The molecule has 0 aromatic heterocycles. The zero-order valence-electron chi connectivity index (χ0n) is 7.19. The lowest BCUT2D eigenvalue weighted by Gasteiger charge is -2.16. The summed E-state index contributed by atoms with van der Waals surface area (Å²) in [7, 11) is 1.61. The molecule has 4 heteroatoms. The van der Waals surface area contributed by atoms with Gasteiger partial charge in [-0.05, 0) is 25.2 Å². The van der Waals surface area contributed by atoms with Crippen LogP contribution < -0.4 is 5.73 Å². The van der Waals surface area contributed by atoms with Gasteiger partial charge in [0.2, 0.25) is 0 Å². The highest BCUT2D eigenvalue weighted by atomic mass is 16.5. The van der Waals surface area contributed by atoms with Crippen molar-refractivity contribution in [1.29, 1.82) is 0 Å². The molecule has 3 N–H and O–H groups in total. The van der Waals surface area contributed by atoms with E-state index in [0.717, 1.165) is 12.8 Å². The van der Waals surface area contributed by atoms with Gasteiger partial charge in [-0.2, -0.15) is 0 Å². The number of nitrogens with two attached hydrogens (primary N) is 1. The Bertz CT molecular complexity index is 168. The number of hydrogen-bond acceptors (Lipinski definition) is 3. The predicted molar refractivity (Wildman–Crippen MR) is 43.7 cm³/mol. The molecule has 70 valence electrons. The summed E-state index contributed by atoms with van der Waals surface area (Å²) in [5.74, 6) is -0.405. The highest BCUT2D eigenvalue weighted by Gasteiger charge is 2.33. The summed E-state index contributed by atoms with van der Waals surface area (Å²) in [6.07, 6.45) is 2.75. The first-order chi connectivity index (χ1) is 5.65. The average molecular weight is 173 g/mol. The lowest BCUT2D eigenvalue weighted by atomic mass is 10.1. The maximum atomic E-state index is 10.4. The number of rotatable bonds is 5. The van der Waals surface area contributed by atoms with E-state index in [1.54, 1.807) is 7.11 Å². The summed E-state index contributed by atoms with van der Waals surface area (Å²) in [5, 5.41) is 8.55. The van der Waals surface area contributed by atoms with Gasteiger partial charge in [0.1, 0.15) is 6.04 Å². The fraction of sp³-hybridized carbons (Fsp3) is 0.875. The molecule has 1 saturated carbocycles. The van der Waals surface area contributed by atoms with E-state index < -0.39 is 12.0 Å². The molecule has 0 amide bonds. The third-order valence-corrected chi connectivity index (χ3v) is 2.25. The maximum absolute atomic E-state index is 10.4. The number of methoxy groups -OCH3 is 1. The smallest absolute Gasteiger partial charge is 0.320 e. The Labute approximate surface area is 71.7 Å². The van der Waals surface area contributed by atoms with Crippen LogP contribution in [0.4, 0.5) is 0 Å². The van der Waals surface area contributed by atoms with Gasteiger partial charge in [-0.3, -0.25) is 4.79 Å². The zero-order chi connectivity index (χ0) is 9.14. The standard InChI is InChI=1S/C8H15NO3/c1-12-7(5-2-3-5)4-6(9)8(10)11/h5-7H,2-4,9H2,1H3,(H,10,11)/t6-,7+/m0/s1. The van der Waals surface area contributed by atoms with Crippen LogP contribution in [0.3, 0.4) is 0 Å².